The second-order valence-corrected chi connectivity index (χ2v) is 4.65. The van der Waals surface area contributed by atoms with E-state index in [0.717, 1.165) is 12.3 Å². The van der Waals surface area contributed by atoms with Crippen LogP contribution in [0.25, 0.3) is 0 Å². The molecule has 0 radical (unpaired) electrons. The Balaban J connectivity index is 1.93. The summed E-state index contributed by atoms with van der Waals surface area (Å²) in [6.45, 7) is -0.342. The van der Waals surface area contributed by atoms with Gasteiger partial charge in [0.05, 0.1) is 0 Å². The first-order valence-corrected chi connectivity index (χ1v) is 6.44. The predicted molar refractivity (Wildman–Crippen MR) is 74.8 cm³/mol. The van der Waals surface area contributed by atoms with Gasteiger partial charge in [0.15, 0.2) is 6.61 Å². The van der Waals surface area contributed by atoms with Gasteiger partial charge in [-0.3, -0.25) is 9.78 Å². The number of ether oxygens (including phenoxy) is 1. The van der Waals surface area contributed by atoms with Crippen LogP contribution in [0.4, 0.5) is 18.9 Å². The largest absolute Gasteiger partial charge is 0.484 e. The summed E-state index contributed by atoms with van der Waals surface area (Å²) in [5.74, 6) is -0.167. The molecule has 0 aliphatic heterocycles. The summed E-state index contributed by atoms with van der Waals surface area (Å²) >= 11 is 5.70. The topological polar surface area (TPSA) is 51.2 Å². The van der Waals surface area contributed by atoms with Crippen LogP contribution >= 0.6 is 11.6 Å². The number of nitrogens with one attached hydrogen (secondary N) is 1. The Kier molecular flexibility index (Phi) is 4.87. The highest BCUT2D eigenvalue weighted by Gasteiger charge is 2.32. The minimum Gasteiger partial charge on any atom is -0.484 e. The smallest absolute Gasteiger partial charge is 0.433 e. The molecule has 1 N–H and O–H groups in total. The minimum absolute atomic E-state index is 0.00738. The summed E-state index contributed by atoms with van der Waals surface area (Å²) in [5, 5.41) is 2.83. The number of halogens is 4. The van der Waals surface area contributed by atoms with Gasteiger partial charge in [-0.05, 0) is 36.4 Å². The summed E-state index contributed by atoms with van der Waals surface area (Å²) in [7, 11) is 0. The number of rotatable bonds is 4. The summed E-state index contributed by atoms with van der Waals surface area (Å²) in [6, 6.07) is 8.34. The lowest BCUT2D eigenvalue weighted by Crippen LogP contribution is -2.20. The number of carbonyl (C=O) groups excluding carboxylic acids is 1. The third-order valence-corrected chi connectivity index (χ3v) is 2.77. The van der Waals surface area contributed by atoms with E-state index in [9.17, 15) is 18.0 Å². The normalized spacial score (nSPS) is 11.1. The molecule has 0 aliphatic rings. The van der Waals surface area contributed by atoms with E-state index in [2.05, 4.69) is 10.3 Å². The molecule has 0 unspecified atom stereocenters. The number of pyridine rings is 1. The van der Waals surface area contributed by atoms with Crippen LogP contribution in [0.3, 0.4) is 0 Å². The first-order valence-electron chi connectivity index (χ1n) is 6.06. The molecule has 0 bridgehead atoms. The van der Waals surface area contributed by atoms with Crippen molar-refractivity contribution >= 4 is 23.2 Å². The van der Waals surface area contributed by atoms with Gasteiger partial charge >= 0.3 is 6.18 Å². The molecule has 8 heteroatoms. The highest BCUT2D eigenvalue weighted by molar-refractivity contribution is 6.30. The van der Waals surface area contributed by atoms with Gasteiger partial charge in [-0.1, -0.05) is 11.6 Å². The van der Waals surface area contributed by atoms with Crippen molar-refractivity contribution in [1.29, 1.82) is 0 Å². The third-order valence-electron chi connectivity index (χ3n) is 2.52. The lowest BCUT2D eigenvalue weighted by Gasteiger charge is -2.10. The van der Waals surface area contributed by atoms with Gasteiger partial charge in [-0.25, -0.2) is 0 Å². The number of alkyl halides is 3. The number of benzene rings is 1. The summed E-state index contributed by atoms with van der Waals surface area (Å²) < 4.78 is 42.7. The standard InChI is InChI=1S/C14H10ClF3N2O2/c15-9-1-3-11(4-2-9)22-8-13(21)20-10-5-6-19-12(7-10)14(16,17)18/h1-7H,8H2,(H,19,20,21). The van der Waals surface area contributed by atoms with E-state index in [1.54, 1.807) is 24.3 Å². The van der Waals surface area contributed by atoms with Gasteiger partial charge in [0.25, 0.3) is 5.91 Å². The monoisotopic (exact) mass is 330 g/mol. The number of hydrogen-bond acceptors (Lipinski definition) is 3. The second-order valence-electron chi connectivity index (χ2n) is 4.22. The maximum Gasteiger partial charge on any atom is 0.433 e. The maximum absolute atomic E-state index is 12.5. The SMILES string of the molecule is O=C(COc1ccc(Cl)cc1)Nc1ccnc(C(F)(F)F)c1. The van der Waals surface area contributed by atoms with E-state index in [-0.39, 0.29) is 12.3 Å². The second kappa shape index (κ2) is 6.65. The number of amides is 1. The van der Waals surface area contributed by atoms with Crippen LogP contribution in [0.15, 0.2) is 42.6 Å². The Morgan fingerprint density at radius 1 is 1.23 bits per heavy atom. The summed E-state index contributed by atoms with van der Waals surface area (Å²) in [5.41, 5.74) is -1.09. The Morgan fingerprint density at radius 2 is 1.91 bits per heavy atom. The van der Waals surface area contributed by atoms with Crippen molar-refractivity contribution in [3.63, 3.8) is 0 Å². The minimum atomic E-state index is -4.57. The van der Waals surface area contributed by atoms with Crippen molar-refractivity contribution in [3.8, 4) is 5.75 Å². The van der Waals surface area contributed by atoms with Crippen molar-refractivity contribution in [1.82, 2.24) is 4.98 Å². The lowest BCUT2D eigenvalue weighted by atomic mass is 10.3. The first kappa shape index (κ1) is 16.1. The fourth-order valence-electron chi connectivity index (χ4n) is 1.54. The molecule has 1 heterocycles. The maximum atomic E-state index is 12.5. The van der Waals surface area contributed by atoms with Gasteiger partial charge in [0.1, 0.15) is 11.4 Å². The molecule has 0 saturated carbocycles. The van der Waals surface area contributed by atoms with Crippen molar-refractivity contribution < 1.29 is 22.7 Å². The van der Waals surface area contributed by atoms with Gasteiger partial charge in [0.2, 0.25) is 0 Å². The van der Waals surface area contributed by atoms with E-state index in [1.807, 2.05) is 0 Å². The van der Waals surface area contributed by atoms with Crippen LogP contribution in [-0.4, -0.2) is 17.5 Å². The Labute approximate surface area is 128 Å². The fraction of sp³-hybridized carbons (Fsp3) is 0.143. The molecule has 2 rings (SSSR count). The Morgan fingerprint density at radius 3 is 2.55 bits per heavy atom. The molecular formula is C14H10ClF3N2O2. The Hall–Kier alpha value is -2.28. The number of hydrogen-bond donors (Lipinski definition) is 1. The van der Waals surface area contributed by atoms with Gasteiger partial charge in [-0.2, -0.15) is 13.2 Å². The molecule has 0 fully saturated rings. The fourth-order valence-corrected chi connectivity index (χ4v) is 1.67. The van der Waals surface area contributed by atoms with Gasteiger partial charge < -0.3 is 10.1 Å². The van der Waals surface area contributed by atoms with E-state index < -0.39 is 17.8 Å². The molecule has 116 valence electrons. The van der Waals surface area contributed by atoms with Crippen molar-refractivity contribution in [2.24, 2.45) is 0 Å². The lowest BCUT2D eigenvalue weighted by molar-refractivity contribution is -0.141. The molecule has 1 amide bonds. The quantitative estimate of drug-likeness (QED) is 0.928. The van der Waals surface area contributed by atoms with Crippen molar-refractivity contribution in [2.45, 2.75) is 6.18 Å². The molecule has 22 heavy (non-hydrogen) atoms. The molecule has 0 aliphatic carbocycles. The average molecular weight is 331 g/mol. The zero-order chi connectivity index (χ0) is 16.2. The van der Waals surface area contributed by atoms with Crippen LogP contribution in [-0.2, 0) is 11.0 Å². The molecule has 1 aromatic carbocycles. The van der Waals surface area contributed by atoms with E-state index >= 15 is 0 Å². The average Bonchev–Trinajstić information content (AvgIpc) is 2.46. The zero-order valence-electron chi connectivity index (χ0n) is 11.0. The van der Waals surface area contributed by atoms with Crippen molar-refractivity contribution in [3.05, 3.63) is 53.3 Å². The predicted octanol–water partition coefficient (Wildman–Crippen LogP) is 3.77. The highest BCUT2D eigenvalue weighted by Crippen LogP contribution is 2.28. The third kappa shape index (κ3) is 4.63. The number of anilines is 1. The zero-order valence-corrected chi connectivity index (χ0v) is 11.8. The van der Waals surface area contributed by atoms with Crippen LogP contribution in [0.2, 0.25) is 5.02 Å². The van der Waals surface area contributed by atoms with E-state index in [0.29, 0.717) is 10.8 Å². The molecule has 4 nitrogen and oxygen atoms in total. The molecule has 0 atom stereocenters. The summed E-state index contributed by atoms with van der Waals surface area (Å²) in [4.78, 5) is 14.8. The van der Waals surface area contributed by atoms with Crippen molar-refractivity contribution in [2.75, 3.05) is 11.9 Å². The van der Waals surface area contributed by atoms with Crippen LogP contribution < -0.4 is 10.1 Å². The highest BCUT2D eigenvalue weighted by atomic mass is 35.5. The molecular weight excluding hydrogens is 321 g/mol. The number of nitrogens with zero attached hydrogens (tertiary/aromatic N) is 1. The Bertz CT molecular complexity index is 660. The van der Waals surface area contributed by atoms with Crippen LogP contribution in [0.1, 0.15) is 5.69 Å². The molecule has 0 spiro atoms. The van der Waals surface area contributed by atoms with Crippen LogP contribution in [0.5, 0.6) is 5.75 Å². The summed E-state index contributed by atoms with van der Waals surface area (Å²) in [6.07, 6.45) is -3.60. The van der Waals surface area contributed by atoms with E-state index in [4.69, 9.17) is 16.3 Å². The molecule has 2 aromatic rings. The van der Waals surface area contributed by atoms with E-state index in [1.165, 1.54) is 6.07 Å². The number of aromatic nitrogens is 1. The first-order chi connectivity index (χ1) is 10.3. The number of carbonyl (C=O) groups is 1. The molecule has 0 saturated heterocycles. The van der Waals surface area contributed by atoms with Gasteiger partial charge in [-0.15, -0.1) is 0 Å². The van der Waals surface area contributed by atoms with Crippen LogP contribution in [0, 0.1) is 0 Å². The van der Waals surface area contributed by atoms with Gasteiger partial charge in [0, 0.05) is 16.9 Å². The molecule has 1 aromatic heterocycles.